The highest BCUT2D eigenvalue weighted by Crippen LogP contribution is 2.05. The second kappa shape index (κ2) is 37.1. The molecule has 0 saturated heterocycles. The molecule has 0 saturated carbocycles. The molecule has 0 fully saturated rings. The average Bonchev–Trinajstić information content (AvgIpc) is 3.10. The standard InChI is InChI=1S/C35H62O12/c1-2-3-4-5-6-10-13-37-14-15-38-16-17-39-18-19-40-20-21-41-22-23-42-24-25-43-26-27-44-28-29-45-30-31-46-32-33-47-35(36)34-11-8-7-9-12-34/h7-9,11-12H,2-6,10,13-33H2,1H3. The topological polar surface area (TPSA) is 119 Å². The summed E-state index contributed by atoms with van der Waals surface area (Å²) in [5.41, 5.74) is 0.528. The molecule has 0 amide bonds. The Morgan fingerprint density at radius 1 is 0.383 bits per heavy atom. The Kier molecular flexibility index (Phi) is 34.2. The Hall–Kier alpha value is -1.71. The van der Waals surface area contributed by atoms with E-state index in [0.29, 0.717) is 131 Å². The number of carbonyl (C=O) groups is 1. The first-order valence-electron chi connectivity index (χ1n) is 17.3. The maximum atomic E-state index is 11.8. The molecule has 0 aromatic heterocycles. The third-order valence-electron chi connectivity index (χ3n) is 6.46. The summed E-state index contributed by atoms with van der Waals surface area (Å²) in [6, 6.07) is 8.86. The van der Waals surface area contributed by atoms with Crippen LogP contribution in [0.25, 0.3) is 0 Å². The molecule has 0 unspecified atom stereocenters. The van der Waals surface area contributed by atoms with Gasteiger partial charge in [0.2, 0.25) is 0 Å². The van der Waals surface area contributed by atoms with E-state index in [9.17, 15) is 4.79 Å². The van der Waals surface area contributed by atoms with E-state index in [2.05, 4.69) is 6.92 Å². The second-order valence-corrected chi connectivity index (χ2v) is 10.4. The number of unbranched alkanes of at least 4 members (excludes halogenated alkanes) is 5. The number of hydrogen-bond acceptors (Lipinski definition) is 12. The summed E-state index contributed by atoms with van der Waals surface area (Å²) in [5, 5.41) is 0. The minimum atomic E-state index is -0.354. The predicted octanol–water partition coefficient (Wildman–Crippen LogP) is 4.37. The van der Waals surface area contributed by atoms with Crippen LogP contribution in [0, 0.1) is 0 Å². The molecule has 1 aromatic rings. The summed E-state index contributed by atoms with van der Waals surface area (Å²) in [4.78, 5) is 11.8. The number of hydrogen-bond donors (Lipinski definition) is 0. The van der Waals surface area contributed by atoms with Gasteiger partial charge in [-0.15, -0.1) is 0 Å². The number of carbonyl (C=O) groups excluding carboxylic acids is 1. The third kappa shape index (κ3) is 32.6. The molecule has 12 heteroatoms. The van der Waals surface area contributed by atoms with Gasteiger partial charge in [-0.2, -0.15) is 0 Å². The highest BCUT2D eigenvalue weighted by molar-refractivity contribution is 5.89. The largest absolute Gasteiger partial charge is 0.460 e. The minimum Gasteiger partial charge on any atom is -0.460 e. The first-order valence-corrected chi connectivity index (χ1v) is 17.3. The number of esters is 1. The van der Waals surface area contributed by atoms with Crippen molar-refractivity contribution in [3.05, 3.63) is 35.9 Å². The molecule has 0 radical (unpaired) electrons. The summed E-state index contributed by atoms with van der Waals surface area (Å²) >= 11 is 0. The van der Waals surface area contributed by atoms with Gasteiger partial charge in [-0.3, -0.25) is 0 Å². The van der Waals surface area contributed by atoms with Crippen molar-refractivity contribution >= 4 is 5.97 Å². The van der Waals surface area contributed by atoms with Crippen molar-refractivity contribution in [1.82, 2.24) is 0 Å². The Bertz CT molecular complexity index is 755. The molecule has 0 atom stereocenters. The number of benzene rings is 1. The van der Waals surface area contributed by atoms with Gasteiger partial charge < -0.3 is 52.1 Å². The van der Waals surface area contributed by atoms with E-state index < -0.39 is 0 Å². The number of ether oxygens (including phenoxy) is 11. The fourth-order valence-corrected chi connectivity index (χ4v) is 3.92. The fraction of sp³-hybridized carbons (Fsp3) is 0.800. The minimum absolute atomic E-state index is 0.205. The Morgan fingerprint density at radius 3 is 1.04 bits per heavy atom. The molecule has 0 N–H and O–H groups in total. The molecule has 0 spiro atoms. The Morgan fingerprint density at radius 2 is 0.681 bits per heavy atom. The highest BCUT2D eigenvalue weighted by atomic mass is 16.6. The van der Waals surface area contributed by atoms with Gasteiger partial charge >= 0.3 is 5.97 Å². The van der Waals surface area contributed by atoms with Crippen molar-refractivity contribution in [3.63, 3.8) is 0 Å². The molecular formula is C35H62O12. The molecule has 0 bridgehead atoms. The lowest BCUT2D eigenvalue weighted by Gasteiger charge is -2.09. The zero-order valence-electron chi connectivity index (χ0n) is 28.9. The van der Waals surface area contributed by atoms with E-state index in [1.165, 1.54) is 32.1 Å². The molecule has 274 valence electrons. The van der Waals surface area contributed by atoms with E-state index >= 15 is 0 Å². The van der Waals surface area contributed by atoms with Gasteiger partial charge in [0.15, 0.2) is 0 Å². The van der Waals surface area contributed by atoms with Crippen LogP contribution in [0.4, 0.5) is 0 Å². The van der Waals surface area contributed by atoms with Crippen LogP contribution in [-0.4, -0.2) is 145 Å². The SMILES string of the molecule is CCCCCCCCOCCOCCOCCOCCOCCOCCOCCOCCOCCOCCOC(=O)c1ccccc1. The lowest BCUT2D eigenvalue weighted by Crippen LogP contribution is -2.15. The van der Waals surface area contributed by atoms with Crippen LogP contribution in [0.3, 0.4) is 0 Å². The highest BCUT2D eigenvalue weighted by Gasteiger charge is 2.05. The van der Waals surface area contributed by atoms with Gasteiger partial charge in [-0.1, -0.05) is 57.2 Å². The molecular weight excluding hydrogens is 612 g/mol. The van der Waals surface area contributed by atoms with E-state index in [1.807, 2.05) is 6.07 Å². The van der Waals surface area contributed by atoms with E-state index in [4.69, 9.17) is 52.1 Å². The maximum absolute atomic E-state index is 11.8. The van der Waals surface area contributed by atoms with Crippen LogP contribution in [-0.2, 0) is 52.1 Å². The summed E-state index contributed by atoms with van der Waals surface area (Å²) in [7, 11) is 0. The lowest BCUT2D eigenvalue weighted by molar-refractivity contribution is -0.0271. The first kappa shape index (κ1) is 43.3. The van der Waals surface area contributed by atoms with Crippen molar-refractivity contribution in [3.8, 4) is 0 Å². The smallest absolute Gasteiger partial charge is 0.338 e. The second-order valence-electron chi connectivity index (χ2n) is 10.4. The van der Waals surface area contributed by atoms with Crippen LogP contribution in [0.2, 0.25) is 0 Å². The Balaban J connectivity index is 1.63. The van der Waals surface area contributed by atoms with E-state index in [-0.39, 0.29) is 12.6 Å². The average molecular weight is 675 g/mol. The molecule has 0 aliphatic heterocycles. The van der Waals surface area contributed by atoms with Crippen molar-refractivity contribution < 1.29 is 56.9 Å². The third-order valence-corrected chi connectivity index (χ3v) is 6.46. The summed E-state index contributed by atoms with van der Waals surface area (Å²) < 4.78 is 60.0. The quantitative estimate of drug-likeness (QED) is 0.0732. The van der Waals surface area contributed by atoms with Crippen LogP contribution < -0.4 is 0 Å². The maximum Gasteiger partial charge on any atom is 0.338 e. The molecule has 0 aliphatic carbocycles. The monoisotopic (exact) mass is 674 g/mol. The van der Waals surface area contributed by atoms with Crippen molar-refractivity contribution in [2.45, 2.75) is 45.4 Å². The molecule has 0 heterocycles. The Labute approximate surface area is 282 Å². The first-order chi connectivity index (χ1) is 23.3. The fourth-order valence-electron chi connectivity index (χ4n) is 3.92. The van der Waals surface area contributed by atoms with Crippen molar-refractivity contribution in [2.24, 2.45) is 0 Å². The summed E-state index contributed by atoms with van der Waals surface area (Å²) in [6.07, 6.45) is 7.67. The normalized spacial score (nSPS) is 11.3. The van der Waals surface area contributed by atoms with Gasteiger partial charge in [0, 0.05) is 6.61 Å². The van der Waals surface area contributed by atoms with E-state index in [0.717, 1.165) is 13.0 Å². The molecule has 1 aromatic carbocycles. The zero-order chi connectivity index (χ0) is 33.6. The zero-order valence-corrected chi connectivity index (χ0v) is 28.9. The lowest BCUT2D eigenvalue weighted by atomic mass is 10.1. The molecule has 47 heavy (non-hydrogen) atoms. The van der Waals surface area contributed by atoms with Crippen LogP contribution >= 0.6 is 0 Å². The summed E-state index contributed by atoms with van der Waals surface area (Å²) in [5.74, 6) is -0.354. The molecule has 1 rings (SSSR count). The van der Waals surface area contributed by atoms with Crippen molar-refractivity contribution in [1.29, 1.82) is 0 Å². The molecule has 0 aliphatic rings. The number of rotatable bonds is 38. The summed E-state index contributed by atoms with van der Waals surface area (Å²) in [6.45, 7) is 12.9. The van der Waals surface area contributed by atoms with Crippen LogP contribution in [0.5, 0.6) is 0 Å². The van der Waals surface area contributed by atoms with Gasteiger partial charge in [0.05, 0.1) is 131 Å². The molecule has 12 nitrogen and oxygen atoms in total. The van der Waals surface area contributed by atoms with Gasteiger partial charge in [0.1, 0.15) is 6.61 Å². The van der Waals surface area contributed by atoms with Crippen LogP contribution in [0.1, 0.15) is 55.8 Å². The van der Waals surface area contributed by atoms with Crippen LogP contribution in [0.15, 0.2) is 30.3 Å². The van der Waals surface area contributed by atoms with Gasteiger partial charge in [-0.25, -0.2) is 4.79 Å². The van der Waals surface area contributed by atoms with E-state index in [1.54, 1.807) is 24.3 Å². The predicted molar refractivity (Wildman–Crippen MR) is 178 cm³/mol. The van der Waals surface area contributed by atoms with Crippen molar-refractivity contribution in [2.75, 3.05) is 139 Å². The van der Waals surface area contributed by atoms with Gasteiger partial charge in [0.25, 0.3) is 0 Å². The van der Waals surface area contributed by atoms with Gasteiger partial charge in [-0.05, 0) is 18.6 Å².